The summed E-state index contributed by atoms with van der Waals surface area (Å²) in [6, 6.07) is 2.04. The molecule has 1 saturated heterocycles. The first kappa shape index (κ1) is 16.3. The quantitative estimate of drug-likeness (QED) is 0.839. The molecule has 1 N–H and O–H groups in total. The summed E-state index contributed by atoms with van der Waals surface area (Å²) in [7, 11) is 0. The second-order valence-electron chi connectivity index (χ2n) is 6.64. The Morgan fingerprint density at radius 2 is 2.16 bits per heavy atom. The van der Waals surface area contributed by atoms with E-state index in [1.165, 1.54) is 11.3 Å². The number of likely N-dealkylation sites (tertiary alicyclic amines) is 1. The van der Waals surface area contributed by atoms with Crippen molar-refractivity contribution in [2.24, 2.45) is 5.92 Å². The number of ether oxygens (including phenoxy) is 1. The van der Waals surface area contributed by atoms with Crippen LogP contribution < -0.4 is 5.56 Å². The van der Waals surface area contributed by atoms with Gasteiger partial charge in [0.2, 0.25) is 5.91 Å². The standard InChI is InChI=1S/C17H19N3O4S/c21-14-7-10(8-20(14)11-3-1-2-4-11)17(23)24-9-13-18-12-5-6-25-15(12)16(22)19-13/h5-6,10-11H,1-4,7-9H2,(H,18,19,22)/t10-/m0/s1. The SMILES string of the molecule is O=C(OCc1nc2ccsc2c(=O)[nH]1)[C@H]1CC(=O)N(C2CCCC2)C1. The van der Waals surface area contributed by atoms with Gasteiger partial charge in [0.1, 0.15) is 17.1 Å². The molecule has 0 bridgehead atoms. The highest BCUT2D eigenvalue weighted by atomic mass is 32.1. The van der Waals surface area contributed by atoms with Gasteiger partial charge in [-0.3, -0.25) is 14.4 Å². The van der Waals surface area contributed by atoms with Crippen LogP contribution >= 0.6 is 11.3 Å². The van der Waals surface area contributed by atoms with Crippen molar-refractivity contribution < 1.29 is 14.3 Å². The largest absolute Gasteiger partial charge is 0.457 e. The van der Waals surface area contributed by atoms with Crippen molar-refractivity contribution in [1.82, 2.24) is 14.9 Å². The monoisotopic (exact) mass is 361 g/mol. The summed E-state index contributed by atoms with van der Waals surface area (Å²) in [6.07, 6.45) is 4.56. The minimum atomic E-state index is -0.426. The third-order valence-electron chi connectivity index (χ3n) is 4.97. The van der Waals surface area contributed by atoms with Gasteiger partial charge < -0.3 is 14.6 Å². The van der Waals surface area contributed by atoms with Gasteiger partial charge in [-0.25, -0.2) is 4.98 Å². The summed E-state index contributed by atoms with van der Waals surface area (Å²) in [6.45, 7) is 0.351. The molecule has 1 aliphatic carbocycles. The molecule has 2 aliphatic rings. The number of carbonyl (C=O) groups excluding carboxylic acids is 2. The number of thiophene rings is 1. The van der Waals surface area contributed by atoms with Crippen LogP contribution in [-0.4, -0.2) is 39.3 Å². The number of amides is 1. The Kier molecular flexibility index (Phi) is 4.29. The second-order valence-corrected chi connectivity index (χ2v) is 7.56. The number of nitrogens with zero attached hydrogens (tertiary/aromatic N) is 2. The van der Waals surface area contributed by atoms with Gasteiger partial charge in [-0.1, -0.05) is 12.8 Å². The van der Waals surface area contributed by atoms with Gasteiger partial charge in [-0.15, -0.1) is 11.3 Å². The lowest BCUT2D eigenvalue weighted by molar-refractivity contribution is -0.150. The van der Waals surface area contributed by atoms with Crippen LogP contribution in [0.5, 0.6) is 0 Å². The molecule has 1 amide bonds. The number of nitrogens with one attached hydrogen (secondary N) is 1. The van der Waals surface area contributed by atoms with Crippen LogP contribution in [-0.2, 0) is 20.9 Å². The zero-order valence-corrected chi connectivity index (χ0v) is 14.5. The first-order valence-electron chi connectivity index (χ1n) is 8.54. The molecule has 2 fully saturated rings. The van der Waals surface area contributed by atoms with Gasteiger partial charge in [-0.05, 0) is 24.3 Å². The second kappa shape index (κ2) is 6.59. The van der Waals surface area contributed by atoms with Gasteiger partial charge in [0.05, 0.1) is 11.4 Å². The molecule has 0 unspecified atom stereocenters. The Hall–Kier alpha value is -2.22. The zero-order valence-electron chi connectivity index (χ0n) is 13.7. The van der Waals surface area contributed by atoms with E-state index in [1.54, 1.807) is 11.4 Å². The minimum absolute atomic E-state index is 0.0417. The number of rotatable bonds is 4. The van der Waals surface area contributed by atoms with Crippen LogP contribution in [0.4, 0.5) is 0 Å². The molecule has 7 nitrogen and oxygen atoms in total. The predicted molar refractivity (Wildman–Crippen MR) is 92.1 cm³/mol. The van der Waals surface area contributed by atoms with E-state index in [0.29, 0.717) is 22.6 Å². The van der Waals surface area contributed by atoms with Crippen molar-refractivity contribution in [3.63, 3.8) is 0 Å². The zero-order chi connectivity index (χ0) is 17.4. The van der Waals surface area contributed by atoms with Crippen molar-refractivity contribution in [2.45, 2.75) is 44.8 Å². The third kappa shape index (κ3) is 3.18. The normalized spacial score (nSPS) is 21.4. The van der Waals surface area contributed by atoms with Crippen molar-refractivity contribution in [2.75, 3.05) is 6.54 Å². The number of hydrogen-bond acceptors (Lipinski definition) is 6. The molecular formula is C17H19N3O4S. The van der Waals surface area contributed by atoms with Crippen molar-refractivity contribution in [3.8, 4) is 0 Å². The van der Waals surface area contributed by atoms with Crippen LogP contribution in [0.15, 0.2) is 16.2 Å². The molecule has 8 heteroatoms. The van der Waals surface area contributed by atoms with Gasteiger partial charge in [0.25, 0.3) is 5.56 Å². The molecule has 2 aromatic rings. The fraction of sp³-hybridized carbons (Fsp3) is 0.529. The lowest BCUT2D eigenvalue weighted by atomic mass is 10.1. The first-order chi connectivity index (χ1) is 12.1. The molecule has 25 heavy (non-hydrogen) atoms. The molecule has 1 atom stereocenters. The molecule has 4 rings (SSSR count). The Labute approximate surface area is 148 Å². The van der Waals surface area contributed by atoms with E-state index in [2.05, 4.69) is 9.97 Å². The van der Waals surface area contributed by atoms with E-state index in [4.69, 9.17) is 4.74 Å². The highest BCUT2D eigenvalue weighted by Crippen LogP contribution is 2.30. The van der Waals surface area contributed by atoms with Gasteiger partial charge in [0.15, 0.2) is 0 Å². The first-order valence-corrected chi connectivity index (χ1v) is 9.42. The molecule has 3 heterocycles. The average Bonchev–Trinajstić information content (AvgIpc) is 3.32. The Balaban J connectivity index is 1.38. The fourth-order valence-corrected chi connectivity index (χ4v) is 4.43. The smallest absolute Gasteiger partial charge is 0.311 e. The maximum Gasteiger partial charge on any atom is 0.311 e. The molecule has 0 radical (unpaired) electrons. The molecule has 1 saturated carbocycles. The van der Waals surface area contributed by atoms with Crippen LogP contribution in [0.2, 0.25) is 0 Å². The Morgan fingerprint density at radius 3 is 2.96 bits per heavy atom. The Bertz CT molecular complexity index is 868. The predicted octanol–water partition coefficient (Wildman–Crippen LogP) is 1.82. The maximum atomic E-state index is 12.3. The van der Waals surface area contributed by atoms with Gasteiger partial charge in [-0.2, -0.15) is 0 Å². The number of hydrogen-bond donors (Lipinski definition) is 1. The summed E-state index contributed by atoms with van der Waals surface area (Å²) in [5.41, 5.74) is 0.373. The van der Waals surface area contributed by atoms with Gasteiger partial charge >= 0.3 is 5.97 Å². The van der Waals surface area contributed by atoms with E-state index in [1.807, 2.05) is 4.90 Å². The van der Waals surface area contributed by atoms with E-state index in [9.17, 15) is 14.4 Å². The summed E-state index contributed by atoms with van der Waals surface area (Å²) in [4.78, 5) is 45.2. The van der Waals surface area contributed by atoms with Crippen LogP contribution in [0, 0.1) is 5.92 Å². The highest BCUT2D eigenvalue weighted by Gasteiger charge is 2.39. The number of carbonyl (C=O) groups is 2. The maximum absolute atomic E-state index is 12.3. The number of fused-ring (bicyclic) bond motifs is 1. The molecule has 0 spiro atoms. The average molecular weight is 361 g/mol. The minimum Gasteiger partial charge on any atom is -0.457 e. The van der Waals surface area contributed by atoms with Crippen molar-refractivity contribution >= 4 is 33.4 Å². The number of aromatic nitrogens is 2. The summed E-state index contributed by atoms with van der Waals surface area (Å²) in [5.74, 6) is -0.465. The van der Waals surface area contributed by atoms with E-state index < -0.39 is 11.9 Å². The van der Waals surface area contributed by atoms with E-state index in [0.717, 1.165) is 25.7 Å². The van der Waals surface area contributed by atoms with Crippen LogP contribution in [0.1, 0.15) is 37.9 Å². The highest BCUT2D eigenvalue weighted by molar-refractivity contribution is 7.17. The fourth-order valence-electron chi connectivity index (χ4n) is 3.71. The van der Waals surface area contributed by atoms with Gasteiger partial charge in [0, 0.05) is 19.0 Å². The number of H-pyrrole nitrogens is 1. The summed E-state index contributed by atoms with van der Waals surface area (Å²) < 4.78 is 5.86. The summed E-state index contributed by atoms with van der Waals surface area (Å²) >= 11 is 1.32. The molecular weight excluding hydrogens is 342 g/mol. The third-order valence-corrected chi connectivity index (χ3v) is 5.87. The van der Waals surface area contributed by atoms with Crippen LogP contribution in [0.25, 0.3) is 10.2 Å². The topological polar surface area (TPSA) is 92.4 Å². The van der Waals surface area contributed by atoms with Crippen molar-refractivity contribution in [1.29, 1.82) is 0 Å². The van der Waals surface area contributed by atoms with Crippen LogP contribution in [0.3, 0.4) is 0 Å². The summed E-state index contributed by atoms with van der Waals surface area (Å²) in [5, 5.41) is 1.80. The number of esters is 1. The number of aromatic amines is 1. The lowest BCUT2D eigenvalue weighted by Crippen LogP contribution is -2.35. The molecule has 132 valence electrons. The van der Waals surface area contributed by atoms with Crippen molar-refractivity contribution in [3.05, 3.63) is 27.6 Å². The molecule has 1 aliphatic heterocycles. The Morgan fingerprint density at radius 1 is 1.36 bits per heavy atom. The molecule has 2 aromatic heterocycles. The van der Waals surface area contributed by atoms with E-state index >= 15 is 0 Å². The molecule has 0 aromatic carbocycles. The lowest BCUT2D eigenvalue weighted by Gasteiger charge is -2.23. The van der Waals surface area contributed by atoms with E-state index in [-0.39, 0.29) is 30.5 Å².